The first-order valence-electron chi connectivity index (χ1n) is 7.70. The number of benzene rings is 2. The van der Waals surface area contributed by atoms with Gasteiger partial charge in [-0.3, -0.25) is 4.79 Å². The minimum atomic E-state index is -5.11. The number of carbonyl (C=O) groups is 1. The van der Waals surface area contributed by atoms with Crippen molar-refractivity contribution in [2.24, 2.45) is 0 Å². The smallest absolute Gasteiger partial charge is 0.352 e. The summed E-state index contributed by atoms with van der Waals surface area (Å²) < 4.78 is 103. The van der Waals surface area contributed by atoms with E-state index < -0.39 is 54.6 Å². The van der Waals surface area contributed by atoms with Crippen molar-refractivity contribution in [1.29, 1.82) is 0 Å². The van der Waals surface area contributed by atoms with E-state index in [0.717, 1.165) is 6.07 Å². The van der Waals surface area contributed by atoms with Crippen LogP contribution < -0.4 is 5.32 Å². The Kier molecular flexibility index (Phi) is 5.79. The summed E-state index contributed by atoms with van der Waals surface area (Å²) in [5, 5.41) is 2.29. The van der Waals surface area contributed by atoms with Crippen LogP contribution in [0.15, 0.2) is 52.3 Å². The molecule has 0 aromatic heterocycles. The molecule has 0 aliphatic rings. The Bertz CT molecular complexity index is 979. The quantitative estimate of drug-likeness (QED) is 0.743. The van der Waals surface area contributed by atoms with Crippen molar-refractivity contribution < 1.29 is 39.6 Å². The highest BCUT2D eigenvalue weighted by Crippen LogP contribution is 2.38. The van der Waals surface area contributed by atoms with Gasteiger partial charge in [-0.25, -0.2) is 8.42 Å². The van der Waals surface area contributed by atoms with Gasteiger partial charge in [0.2, 0.25) is 9.84 Å². The molecular weight excluding hydrogens is 412 g/mol. The maximum Gasteiger partial charge on any atom is 0.417 e. The van der Waals surface area contributed by atoms with Gasteiger partial charge in [0.15, 0.2) is 0 Å². The molecule has 0 aliphatic heterocycles. The third kappa shape index (κ3) is 4.46. The van der Waals surface area contributed by atoms with E-state index in [1.54, 1.807) is 6.92 Å². The van der Waals surface area contributed by atoms with Crippen LogP contribution in [-0.2, 0) is 22.2 Å². The molecule has 1 N–H and O–H groups in total. The molecule has 28 heavy (non-hydrogen) atoms. The first-order valence-corrected chi connectivity index (χ1v) is 9.18. The Morgan fingerprint density at radius 2 is 1.50 bits per heavy atom. The summed E-state index contributed by atoms with van der Waals surface area (Å²) in [6, 6.07) is 3.98. The molecule has 152 valence electrons. The molecule has 0 bridgehead atoms. The van der Waals surface area contributed by atoms with Gasteiger partial charge < -0.3 is 5.32 Å². The summed E-state index contributed by atoms with van der Waals surface area (Å²) in [6.45, 7) is 1.69. The fraction of sp³-hybridized carbons (Fsp3) is 0.235. The van der Waals surface area contributed by atoms with Crippen molar-refractivity contribution in [2.75, 3.05) is 6.54 Å². The van der Waals surface area contributed by atoms with E-state index >= 15 is 0 Å². The van der Waals surface area contributed by atoms with Crippen LogP contribution in [0.5, 0.6) is 0 Å². The summed E-state index contributed by atoms with van der Waals surface area (Å²) in [5.41, 5.74) is -3.13. The van der Waals surface area contributed by atoms with Crippen molar-refractivity contribution in [3.8, 4) is 0 Å². The van der Waals surface area contributed by atoms with Gasteiger partial charge in [-0.05, 0) is 49.4 Å². The van der Waals surface area contributed by atoms with Gasteiger partial charge in [-0.15, -0.1) is 0 Å². The van der Waals surface area contributed by atoms with Crippen molar-refractivity contribution in [1.82, 2.24) is 5.32 Å². The van der Waals surface area contributed by atoms with E-state index in [9.17, 15) is 39.6 Å². The predicted octanol–water partition coefficient (Wildman–Crippen LogP) is 4.31. The summed E-state index contributed by atoms with van der Waals surface area (Å²) >= 11 is 0. The van der Waals surface area contributed by atoms with Gasteiger partial charge in [-0.2, -0.15) is 26.3 Å². The second kappa shape index (κ2) is 7.46. The molecule has 2 aromatic carbocycles. The van der Waals surface area contributed by atoms with Crippen LogP contribution in [0.2, 0.25) is 0 Å². The molecule has 0 radical (unpaired) electrons. The normalized spacial score (nSPS) is 12.7. The molecular formula is C17H13F6NO3S. The highest BCUT2D eigenvalue weighted by Gasteiger charge is 2.39. The molecule has 0 spiro atoms. The average molecular weight is 425 g/mol. The van der Waals surface area contributed by atoms with Crippen LogP contribution in [0.3, 0.4) is 0 Å². The molecule has 4 nitrogen and oxygen atoms in total. The fourth-order valence-corrected chi connectivity index (χ4v) is 3.80. The SMILES string of the molecule is CCNC(=O)c1ccc(S(=O)(=O)c2ccc(C(F)(F)F)cc2)c(C(F)(F)F)c1. The molecule has 1 amide bonds. The second-order valence-corrected chi connectivity index (χ2v) is 7.51. The van der Waals surface area contributed by atoms with E-state index in [0.29, 0.717) is 36.4 Å². The Morgan fingerprint density at radius 3 is 1.96 bits per heavy atom. The largest absolute Gasteiger partial charge is 0.417 e. The molecule has 0 heterocycles. The third-order valence-corrected chi connectivity index (χ3v) is 5.49. The lowest BCUT2D eigenvalue weighted by atomic mass is 10.1. The lowest BCUT2D eigenvalue weighted by Crippen LogP contribution is -2.24. The number of carbonyl (C=O) groups excluding carboxylic acids is 1. The number of hydrogen-bond acceptors (Lipinski definition) is 3. The van der Waals surface area contributed by atoms with Crippen molar-refractivity contribution in [3.05, 3.63) is 59.2 Å². The minimum absolute atomic E-state index is 0.145. The van der Waals surface area contributed by atoms with Gasteiger partial charge >= 0.3 is 12.4 Å². The van der Waals surface area contributed by atoms with E-state index in [-0.39, 0.29) is 6.54 Å². The number of rotatable bonds is 4. The summed E-state index contributed by atoms with van der Waals surface area (Å²) in [6.07, 6.45) is -9.84. The lowest BCUT2D eigenvalue weighted by Gasteiger charge is -2.15. The fourth-order valence-electron chi connectivity index (χ4n) is 2.34. The predicted molar refractivity (Wildman–Crippen MR) is 86.3 cm³/mol. The lowest BCUT2D eigenvalue weighted by molar-refractivity contribution is -0.140. The molecule has 2 aromatic rings. The number of hydrogen-bond donors (Lipinski definition) is 1. The number of sulfone groups is 1. The van der Waals surface area contributed by atoms with Crippen LogP contribution in [-0.4, -0.2) is 20.9 Å². The average Bonchev–Trinajstić information content (AvgIpc) is 2.60. The molecule has 0 fully saturated rings. The van der Waals surface area contributed by atoms with Crippen LogP contribution >= 0.6 is 0 Å². The molecule has 0 aliphatic carbocycles. The highest BCUT2D eigenvalue weighted by atomic mass is 32.2. The number of alkyl halides is 6. The molecule has 0 saturated heterocycles. The van der Waals surface area contributed by atoms with Gasteiger partial charge in [0.1, 0.15) is 0 Å². The topological polar surface area (TPSA) is 63.2 Å². The Balaban J connectivity index is 2.60. The van der Waals surface area contributed by atoms with Crippen LogP contribution in [0.4, 0.5) is 26.3 Å². The molecule has 11 heteroatoms. The van der Waals surface area contributed by atoms with Gasteiger partial charge in [0.25, 0.3) is 5.91 Å². The zero-order chi connectivity index (χ0) is 21.3. The monoisotopic (exact) mass is 425 g/mol. The zero-order valence-corrected chi connectivity index (χ0v) is 15.0. The van der Waals surface area contributed by atoms with E-state index in [2.05, 4.69) is 5.32 Å². The van der Waals surface area contributed by atoms with Crippen LogP contribution in [0.25, 0.3) is 0 Å². The second-order valence-electron chi connectivity index (χ2n) is 5.59. The Labute approximate surface area is 156 Å². The van der Waals surface area contributed by atoms with Crippen molar-refractivity contribution >= 4 is 15.7 Å². The first-order chi connectivity index (χ1) is 12.8. The minimum Gasteiger partial charge on any atom is -0.352 e. The van der Waals surface area contributed by atoms with Gasteiger partial charge in [0.05, 0.1) is 20.9 Å². The molecule has 0 atom stereocenters. The van der Waals surface area contributed by atoms with Crippen LogP contribution in [0.1, 0.15) is 28.4 Å². The first kappa shape index (κ1) is 21.7. The highest BCUT2D eigenvalue weighted by molar-refractivity contribution is 7.91. The maximum atomic E-state index is 13.4. The third-order valence-electron chi connectivity index (χ3n) is 3.67. The zero-order valence-electron chi connectivity index (χ0n) is 14.1. The number of nitrogens with one attached hydrogen (secondary N) is 1. The Morgan fingerprint density at radius 1 is 0.929 bits per heavy atom. The van der Waals surface area contributed by atoms with E-state index in [1.807, 2.05) is 0 Å². The molecule has 2 rings (SSSR count). The Hall–Kier alpha value is -2.56. The summed E-state index contributed by atoms with van der Waals surface area (Å²) in [7, 11) is -4.79. The van der Waals surface area contributed by atoms with Crippen LogP contribution in [0, 0.1) is 0 Å². The maximum absolute atomic E-state index is 13.4. The molecule has 0 unspecified atom stereocenters. The standard InChI is InChI=1S/C17H13F6NO3S/c1-2-24-15(25)10-3-8-14(13(9-10)17(21,22)23)28(26,27)12-6-4-11(5-7-12)16(18,19)20/h3-9H,2H2,1H3,(H,24,25). The summed E-state index contributed by atoms with van der Waals surface area (Å²) in [5.74, 6) is -0.827. The van der Waals surface area contributed by atoms with Gasteiger partial charge in [0, 0.05) is 12.1 Å². The summed E-state index contributed by atoms with van der Waals surface area (Å²) in [4.78, 5) is 9.85. The van der Waals surface area contributed by atoms with Crippen molar-refractivity contribution in [2.45, 2.75) is 29.1 Å². The molecule has 0 saturated carbocycles. The van der Waals surface area contributed by atoms with E-state index in [4.69, 9.17) is 0 Å². The number of amides is 1. The van der Waals surface area contributed by atoms with Crippen molar-refractivity contribution in [3.63, 3.8) is 0 Å². The van der Waals surface area contributed by atoms with E-state index in [1.165, 1.54) is 0 Å². The van der Waals surface area contributed by atoms with Gasteiger partial charge in [-0.1, -0.05) is 0 Å². The number of halogens is 6.